The molecule has 0 N–H and O–H groups in total. The zero-order chi connectivity index (χ0) is 36.5. The molecule has 0 radical (unpaired) electrons. The maximum Gasteiger partial charge on any atom is -0.00264 e. The van der Waals surface area contributed by atoms with E-state index in [0.29, 0.717) is 0 Å². The van der Waals surface area contributed by atoms with Crippen LogP contribution in [0.25, 0.3) is 130 Å². The van der Waals surface area contributed by atoms with Crippen LogP contribution in [0.3, 0.4) is 0 Å². The Morgan fingerprint density at radius 1 is 0.179 bits per heavy atom. The van der Waals surface area contributed by atoms with E-state index in [-0.39, 0.29) is 0 Å². The van der Waals surface area contributed by atoms with Crippen LogP contribution in [-0.2, 0) is 0 Å². The van der Waals surface area contributed by atoms with Crippen molar-refractivity contribution >= 4 is 97.0 Å². The minimum atomic E-state index is 1.23. The summed E-state index contributed by atoms with van der Waals surface area (Å²) in [7, 11) is 0. The summed E-state index contributed by atoms with van der Waals surface area (Å²) in [4.78, 5) is 0. The fraction of sp³-hybridized carbons (Fsp3) is 0. The van der Waals surface area contributed by atoms with Gasteiger partial charge in [0.1, 0.15) is 0 Å². The lowest BCUT2D eigenvalue weighted by Gasteiger charge is -2.17. The van der Waals surface area contributed by atoms with Gasteiger partial charge in [-0.2, -0.15) is 0 Å². The second-order valence-corrected chi connectivity index (χ2v) is 15.6. The molecule has 256 valence electrons. The lowest BCUT2D eigenvalue weighted by Crippen LogP contribution is -1.90. The van der Waals surface area contributed by atoms with Gasteiger partial charge in [-0.05, 0) is 167 Å². The third kappa shape index (κ3) is 4.19. The highest BCUT2D eigenvalue weighted by atomic mass is 14.2. The Balaban J connectivity index is 0.981. The normalized spacial score (nSPS) is 12.3. The molecule has 56 heavy (non-hydrogen) atoms. The molecule has 0 heteroatoms. The Kier molecular flexibility index (Phi) is 5.98. The van der Waals surface area contributed by atoms with Crippen LogP contribution in [0.5, 0.6) is 0 Å². The van der Waals surface area contributed by atoms with Crippen molar-refractivity contribution in [3.05, 3.63) is 194 Å². The fourth-order valence-corrected chi connectivity index (χ4v) is 10.1. The molecule has 13 aromatic rings. The minimum Gasteiger partial charge on any atom is -0.0616 e. The molecule has 0 aliphatic heterocycles. The predicted octanol–water partition coefficient (Wildman–Crippen LogP) is 15.9. The SMILES string of the molecule is c1cc2ccc3cc(-c4ccc(-c5cc6c7ccccc7c(-c7cc8ccc9cccc%10ccc(c7)c8c9%10)cc6c6ccccc56)cc4)cc4ccc(c1)c2c34. The Hall–Kier alpha value is -7.28. The van der Waals surface area contributed by atoms with Crippen molar-refractivity contribution in [1.29, 1.82) is 0 Å². The van der Waals surface area contributed by atoms with Crippen LogP contribution in [0.1, 0.15) is 0 Å². The average Bonchev–Trinajstić information content (AvgIpc) is 3.26. The summed E-state index contributed by atoms with van der Waals surface area (Å²) in [6.45, 7) is 0. The minimum absolute atomic E-state index is 1.23. The second kappa shape index (κ2) is 11.1. The second-order valence-electron chi connectivity index (χ2n) is 15.6. The summed E-state index contributed by atoms with van der Waals surface area (Å²) in [6.07, 6.45) is 0. The van der Waals surface area contributed by atoms with Gasteiger partial charge < -0.3 is 0 Å². The van der Waals surface area contributed by atoms with Gasteiger partial charge in [0.15, 0.2) is 0 Å². The van der Waals surface area contributed by atoms with Crippen LogP contribution in [0.2, 0.25) is 0 Å². The molecular formula is C56H32. The summed E-state index contributed by atoms with van der Waals surface area (Å²) in [6, 6.07) is 73.0. The first-order valence-electron chi connectivity index (χ1n) is 19.6. The third-order valence-corrected chi connectivity index (χ3v) is 12.6. The van der Waals surface area contributed by atoms with Gasteiger partial charge in [-0.3, -0.25) is 0 Å². The van der Waals surface area contributed by atoms with Gasteiger partial charge in [0.25, 0.3) is 0 Å². The van der Waals surface area contributed by atoms with Crippen molar-refractivity contribution in [2.45, 2.75) is 0 Å². The molecule has 13 rings (SSSR count). The summed E-state index contributed by atoms with van der Waals surface area (Å²) in [5, 5.41) is 23.5. The molecule has 0 aliphatic rings. The fourth-order valence-electron chi connectivity index (χ4n) is 10.1. The van der Waals surface area contributed by atoms with Gasteiger partial charge in [-0.25, -0.2) is 0 Å². The molecule has 0 aromatic heterocycles. The number of hydrogen-bond donors (Lipinski definition) is 0. The Labute approximate surface area is 323 Å². The lowest BCUT2D eigenvalue weighted by molar-refractivity contribution is 1.64. The molecule has 0 saturated carbocycles. The van der Waals surface area contributed by atoms with E-state index in [2.05, 4.69) is 194 Å². The van der Waals surface area contributed by atoms with Gasteiger partial charge in [0.05, 0.1) is 0 Å². The van der Waals surface area contributed by atoms with Gasteiger partial charge in [-0.1, -0.05) is 158 Å². The number of hydrogen-bond acceptors (Lipinski definition) is 0. The van der Waals surface area contributed by atoms with Crippen molar-refractivity contribution in [1.82, 2.24) is 0 Å². The van der Waals surface area contributed by atoms with E-state index in [4.69, 9.17) is 0 Å². The maximum absolute atomic E-state index is 2.45. The van der Waals surface area contributed by atoms with Crippen LogP contribution in [-0.4, -0.2) is 0 Å². The van der Waals surface area contributed by atoms with E-state index in [0.717, 1.165) is 0 Å². The summed E-state index contributed by atoms with van der Waals surface area (Å²) < 4.78 is 0. The smallest absolute Gasteiger partial charge is 0.00264 e. The number of fused-ring (bicyclic) bond motifs is 5. The molecule has 0 fully saturated rings. The highest BCUT2D eigenvalue weighted by Gasteiger charge is 2.17. The van der Waals surface area contributed by atoms with Crippen molar-refractivity contribution in [3.8, 4) is 33.4 Å². The molecule has 0 amide bonds. The van der Waals surface area contributed by atoms with Crippen LogP contribution < -0.4 is 0 Å². The molecule has 13 aromatic carbocycles. The van der Waals surface area contributed by atoms with Crippen LogP contribution in [0, 0.1) is 0 Å². The van der Waals surface area contributed by atoms with E-state index in [9.17, 15) is 0 Å². The topological polar surface area (TPSA) is 0 Å². The van der Waals surface area contributed by atoms with Crippen molar-refractivity contribution < 1.29 is 0 Å². The van der Waals surface area contributed by atoms with E-state index in [1.165, 1.54) is 130 Å². The third-order valence-electron chi connectivity index (χ3n) is 12.6. The monoisotopic (exact) mass is 704 g/mol. The molecule has 0 atom stereocenters. The first kappa shape index (κ1) is 30.1. The highest BCUT2D eigenvalue weighted by molar-refractivity contribution is 6.27. The van der Waals surface area contributed by atoms with Crippen molar-refractivity contribution in [2.24, 2.45) is 0 Å². The Bertz CT molecular complexity index is 3610. The molecule has 0 nitrogen and oxygen atoms in total. The molecule has 0 unspecified atom stereocenters. The van der Waals surface area contributed by atoms with E-state index in [1.807, 2.05) is 0 Å². The molecular weight excluding hydrogens is 673 g/mol. The largest absolute Gasteiger partial charge is 0.0616 e. The van der Waals surface area contributed by atoms with Crippen LogP contribution >= 0.6 is 0 Å². The highest BCUT2D eigenvalue weighted by Crippen LogP contribution is 2.45. The average molecular weight is 705 g/mol. The first-order valence-corrected chi connectivity index (χ1v) is 19.6. The van der Waals surface area contributed by atoms with Crippen molar-refractivity contribution in [2.75, 3.05) is 0 Å². The summed E-state index contributed by atoms with van der Waals surface area (Å²) in [5.41, 5.74) is 7.49. The zero-order valence-corrected chi connectivity index (χ0v) is 30.5. The zero-order valence-electron chi connectivity index (χ0n) is 30.5. The molecule has 0 spiro atoms. The van der Waals surface area contributed by atoms with E-state index < -0.39 is 0 Å². The van der Waals surface area contributed by atoms with Gasteiger partial charge in [0, 0.05) is 0 Å². The number of rotatable bonds is 3. The number of benzene rings is 13. The van der Waals surface area contributed by atoms with Gasteiger partial charge in [0.2, 0.25) is 0 Å². The van der Waals surface area contributed by atoms with Crippen molar-refractivity contribution in [3.63, 3.8) is 0 Å². The lowest BCUT2D eigenvalue weighted by atomic mass is 9.86. The summed E-state index contributed by atoms with van der Waals surface area (Å²) >= 11 is 0. The molecule has 0 bridgehead atoms. The standard InChI is InChI=1S/C56H32/c1-3-13-47-45(11-1)49(34-17-15-33(16-18-34)43-27-39-23-19-35-7-5-8-36-20-24-40(28-43)55(39)53(35)36)31-51-48-14-4-2-12-46(48)50(32-52(47)51)44-29-41-25-21-37-9-6-10-38-22-26-42(30-44)56(41)54(37)38/h1-32H. The van der Waals surface area contributed by atoms with E-state index in [1.54, 1.807) is 0 Å². The predicted molar refractivity (Wildman–Crippen MR) is 243 cm³/mol. The molecule has 0 saturated heterocycles. The van der Waals surface area contributed by atoms with Gasteiger partial charge in [-0.15, -0.1) is 0 Å². The maximum atomic E-state index is 2.45. The molecule has 0 heterocycles. The summed E-state index contributed by atoms with van der Waals surface area (Å²) in [5.74, 6) is 0. The Morgan fingerprint density at radius 3 is 0.964 bits per heavy atom. The first-order chi connectivity index (χ1) is 27.7. The molecule has 0 aliphatic carbocycles. The van der Waals surface area contributed by atoms with E-state index >= 15 is 0 Å². The quantitative estimate of drug-likeness (QED) is 0.161. The Morgan fingerprint density at radius 2 is 0.518 bits per heavy atom. The van der Waals surface area contributed by atoms with Crippen LogP contribution in [0.4, 0.5) is 0 Å². The van der Waals surface area contributed by atoms with Gasteiger partial charge >= 0.3 is 0 Å². The van der Waals surface area contributed by atoms with Crippen LogP contribution in [0.15, 0.2) is 194 Å².